The molecule has 1 atom stereocenters. The molecule has 4 nitrogen and oxygen atoms in total. The molecule has 0 aliphatic rings. The van der Waals surface area contributed by atoms with Gasteiger partial charge in [-0.25, -0.2) is 4.98 Å². The maximum absolute atomic E-state index is 11.6. The Hall–Kier alpha value is -0.940. The van der Waals surface area contributed by atoms with Crippen LogP contribution in [0, 0.1) is 5.92 Å². The van der Waals surface area contributed by atoms with Crippen LogP contribution in [0.3, 0.4) is 0 Å². The Morgan fingerprint density at radius 3 is 3.06 bits per heavy atom. The smallest absolute Gasteiger partial charge is 0.224 e. The Morgan fingerprint density at radius 1 is 1.69 bits per heavy atom. The van der Waals surface area contributed by atoms with E-state index in [0.717, 1.165) is 6.42 Å². The van der Waals surface area contributed by atoms with Crippen LogP contribution in [0.4, 0.5) is 5.69 Å². The summed E-state index contributed by atoms with van der Waals surface area (Å²) in [7, 11) is 0. The fraction of sp³-hybridized carbons (Fsp3) is 0.455. The third-order valence-corrected chi connectivity index (χ3v) is 2.93. The van der Waals surface area contributed by atoms with Gasteiger partial charge in [-0.3, -0.25) is 4.79 Å². The van der Waals surface area contributed by atoms with Gasteiger partial charge in [0.05, 0.1) is 5.69 Å². The Bertz CT molecular complexity index is 357. The van der Waals surface area contributed by atoms with E-state index in [1.165, 1.54) is 0 Å². The Morgan fingerprint density at radius 2 is 2.44 bits per heavy atom. The Kier molecular flexibility index (Phi) is 5.42. The summed E-state index contributed by atoms with van der Waals surface area (Å²) in [5, 5.41) is 2.80. The van der Waals surface area contributed by atoms with Crippen molar-refractivity contribution in [2.75, 3.05) is 11.9 Å². The van der Waals surface area contributed by atoms with Crippen LogP contribution in [0.5, 0.6) is 0 Å². The van der Waals surface area contributed by atoms with E-state index in [0.29, 0.717) is 29.2 Å². The second kappa shape index (κ2) is 6.60. The van der Waals surface area contributed by atoms with Crippen molar-refractivity contribution in [1.29, 1.82) is 0 Å². The fourth-order valence-electron chi connectivity index (χ4n) is 1.19. The van der Waals surface area contributed by atoms with E-state index in [1.807, 2.05) is 6.92 Å². The molecule has 1 amide bonds. The van der Waals surface area contributed by atoms with Gasteiger partial charge in [0.1, 0.15) is 4.60 Å². The van der Waals surface area contributed by atoms with Crippen LogP contribution < -0.4 is 11.1 Å². The van der Waals surface area contributed by atoms with Crippen LogP contribution in [0.15, 0.2) is 22.9 Å². The van der Waals surface area contributed by atoms with E-state index in [9.17, 15) is 4.79 Å². The van der Waals surface area contributed by atoms with Crippen molar-refractivity contribution in [2.24, 2.45) is 11.7 Å². The molecular formula is C11H16BrN3O. The number of rotatable bonds is 5. The summed E-state index contributed by atoms with van der Waals surface area (Å²) in [5.74, 6) is 0.372. The summed E-state index contributed by atoms with van der Waals surface area (Å²) >= 11 is 3.27. The molecule has 0 spiro atoms. The predicted molar refractivity (Wildman–Crippen MR) is 68.0 cm³/mol. The van der Waals surface area contributed by atoms with Gasteiger partial charge in [0.2, 0.25) is 5.91 Å². The number of nitrogens with zero attached hydrogens (tertiary/aromatic N) is 1. The molecule has 0 saturated carbocycles. The number of pyridine rings is 1. The van der Waals surface area contributed by atoms with Gasteiger partial charge in [0.15, 0.2) is 0 Å². The number of hydrogen-bond acceptors (Lipinski definition) is 3. The molecule has 1 heterocycles. The number of anilines is 1. The zero-order valence-corrected chi connectivity index (χ0v) is 10.8. The molecule has 0 aliphatic carbocycles. The van der Waals surface area contributed by atoms with E-state index in [2.05, 4.69) is 26.2 Å². The highest BCUT2D eigenvalue weighted by atomic mass is 79.9. The average Bonchev–Trinajstić information content (AvgIpc) is 2.29. The highest BCUT2D eigenvalue weighted by Crippen LogP contribution is 2.18. The highest BCUT2D eigenvalue weighted by molar-refractivity contribution is 9.10. The van der Waals surface area contributed by atoms with Crippen LogP contribution in [0.2, 0.25) is 0 Å². The first-order valence-electron chi connectivity index (χ1n) is 5.24. The molecule has 1 rings (SSSR count). The standard InChI is InChI=1S/C11H16BrN3O/c1-8(7-13)4-5-10(16)15-9-3-2-6-14-11(9)12/h2-3,6,8H,4-5,7,13H2,1H3,(H,15,16). The molecule has 0 fully saturated rings. The normalized spacial score (nSPS) is 12.2. The monoisotopic (exact) mass is 285 g/mol. The SMILES string of the molecule is CC(CN)CCC(=O)Nc1cccnc1Br. The van der Waals surface area contributed by atoms with Gasteiger partial charge in [-0.15, -0.1) is 0 Å². The summed E-state index contributed by atoms with van der Waals surface area (Å²) in [4.78, 5) is 15.6. The maximum atomic E-state index is 11.6. The molecule has 0 saturated heterocycles. The van der Waals surface area contributed by atoms with Gasteiger partial charge < -0.3 is 11.1 Å². The lowest BCUT2D eigenvalue weighted by molar-refractivity contribution is -0.116. The van der Waals surface area contributed by atoms with E-state index in [1.54, 1.807) is 18.3 Å². The Balaban J connectivity index is 2.43. The average molecular weight is 286 g/mol. The number of halogens is 1. The minimum atomic E-state index is -0.00556. The van der Waals surface area contributed by atoms with Crippen molar-refractivity contribution in [2.45, 2.75) is 19.8 Å². The van der Waals surface area contributed by atoms with Gasteiger partial charge in [-0.2, -0.15) is 0 Å². The molecule has 5 heteroatoms. The third-order valence-electron chi connectivity index (χ3n) is 2.30. The number of nitrogens with two attached hydrogens (primary N) is 1. The molecule has 3 N–H and O–H groups in total. The van der Waals surface area contributed by atoms with Crippen molar-refractivity contribution in [3.8, 4) is 0 Å². The summed E-state index contributed by atoms with van der Waals surface area (Å²) < 4.78 is 0.648. The quantitative estimate of drug-likeness (QED) is 0.815. The first-order valence-corrected chi connectivity index (χ1v) is 6.03. The van der Waals surface area contributed by atoms with Gasteiger partial charge in [-0.1, -0.05) is 6.92 Å². The number of hydrogen-bond donors (Lipinski definition) is 2. The van der Waals surface area contributed by atoms with Crippen molar-refractivity contribution in [3.63, 3.8) is 0 Å². The fourth-order valence-corrected chi connectivity index (χ4v) is 1.54. The van der Waals surface area contributed by atoms with Gasteiger partial charge in [-0.05, 0) is 46.9 Å². The van der Waals surface area contributed by atoms with Crippen LogP contribution in [-0.4, -0.2) is 17.4 Å². The maximum Gasteiger partial charge on any atom is 0.224 e. The second-order valence-electron chi connectivity index (χ2n) is 3.77. The van der Waals surface area contributed by atoms with Gasteiger partial charge in [0, 0.05) is 12.6 Å². The molecule has 0 radical (unpaired) electrons. The zero-order chi connectivity index (χ0) is 12.0. The van der Waals surface area contributed by atoms with Gasteiger partial charge in [0.25, 0.3) is 0 Å². The predicted octanol–water partition coefficient (Wildman–Crippen LogP) is 2.16. The number of carbonyl (C=O) groups is 1. The molecule has 1 aromatic rings. The summed E-state index contributed by atoms with van der Waals surface area (Å²) in [6.45, 7) is 2.65. The molecular weight excluding hydrogens is 270 g/mol. The van der Waals surface area contributed by atoms with Crippen LogP contribution >= 0.6 is 15.9 Å². The summed E-state index contributed by atoms with van der Waals surface area (Å²) in [6, 6.07) is 3.59. The zero-order valence-electron chi connectivity index (χ0n) is 9.24. The minimum absolute atomic E-state index is 0.00556. The van der Waals surface area contributed by atoms with Crippen molar-refractivity contribution < 1.29 is 4.79 Å². The molecule has 0 bridgehead atoms. The number of amides is 1. The van der Waals surface area contributed by atoms with E-state index in [-0.39, 0.29) is 5.91 Å². The van der Waals surface area contributed by atoms with E-state index < -0.39 is 0 Å². The number of aromatic nitrogens is 1. The summed E-state index contributed by atoms with van der Waals surface area (Å²) in [5.41, 5.74) is 6.19. The lowest BCUT2D eigenvalue weighted by atomic mass is 10.1. The molecule has 88 valence electrons. The van der Waals surface area contributed by atoms with E-state index in [4.69, 9.17) is 5.73 Å². The number of nitrogens with one attached hydrogen (secondary N) is 1. The minimum Gasteiger partial charge on any atom is -0.330 e. The highest BCUT2D eigenvalue weighted by Gasteiger charge is 2.07. The van der Waals surface area contributed by atoms with Crippen LogP contribution in [-0.2, 0) is 4.79 Å². The lowest BCUT2D eigenvalue weighted by Crippen LogP contribution is -2.16. The van der Waals surface area contributed by atoms with Crippen molar-refractivity contribution >= 4 is 27.5 Å². The third kappa shape index (κ3) is 4.28. The molecule has 1 unspecified atom stereocenters. The van der Waals surface area contributed by atoms with Gasteiger partial charge >= 0.3 is 0 Å². The van der Waals surface area contributed by atoms with Crippen LogP contribution in [0.25, 0.3) is 0 Å². The summed E-state index contributed by atoms with van der Waals surface area (Å²) in [6.07, 6.45) is 2.95. The topological polar surface area (TPSA) is 68.0 Å². The first-order chi connectivity index (χ1) is 7.63. The van der Waals surface area contributed by atoms with Crippen LogP contribution in [0.1, 0.15) is 19.8 Å². The molecule has 0 aromatic carbocycles. The first kappa shape index (κ1) is 13.1. The largest absolute Gasteiger partial charge is 0.330 e. The van der Waals surface area contributed by atoms with Crippen molar-refractivity contribution in [1.82, 2.24) is 4.98 Å². The molecule has 0 aliphatic heterocycles. The van der Waals surface area contributed by atoms with Crippen molar-refractivity contribution in [3.05, 3.63) is 22.9 Å². The Labute approximate surface area is 104 Å². The molecule has 1 aromatic heterocycles. The lowest BCUT2D eigenvalue weighted by Gasteiger charge is -2.09. The van der Waals surface area contributed by atoms with E-state index >= 15 is 0 Å². The second-order valence-corrected chi connectivity index (χ2v) is 4.52. The number of carbonyl (C=O) groups excluding carboxylic acids is 1. The molecule has 16 heavy (non-hydrogen) atoms.